The Morgan fingerprint density at radius 3 is 2.60 bits per heavy atom. The van der Waals surface area contributed by atoms with Crippen LogP contribution in [-0.2, 0) is 0 Å². The molecule has 2 fully saturated rings. The summed E-state index contributed by atoms with van der Waals surface area (Å²) in [6.07, 6.45) is 0.761. The lowest BCUT2D eigenvalue weighted by molar-refractivity contribution is 0.0194. The Bertz CT molecular complexity index is 186. The van der Waals surface area contributed by atoms with E-state index < -0.39 is 0 Å². The van der Waals surface area contributed by atoms with Gasteiger partial charge in [0, 0.05) is 51.9 Å². The molecule has 0 radical (unpaired) electrons. The number of nitrogens with zero attached hydrogens (tertiary/aromatic N) is 2. The number of rotatable bonds is 4. The molecule has 1 atom stereocenters. The summed E-state index contributed by atoms with van der Waals surface area (Å²) < 4.78 is 0. The van der Waals surface area contributed by atoms with E-state index in [4.69, 9.17) is 0 Å². The lowest BCUT2D eigenvalue weighted by Crippen LogP contribution is -2.62. The van der Waals surface area contributed by atoms with Gasteiger partial charge in [-0.25, -0.2) is 0 Å². The third-order valence-corrected chi connectivity index (χ3v) is 3.47. The third-order valence-electron chi connectivity index (χ3n) is 3.47. The molecular formula is C11H23N3O. The van der Waals surface area contributed by atoms with Crippen LogP contribution in [0.4, 0.5) is 0 Å². The first-order chi connectivity index (χ1) is 7.25. The summed E-state index contributed by atoms with van der Waals surface area (Å²) in [5.41, 5.74) is 0. The zero-order valence-electron chi connectivity index (χ0n) is 9.65. The van der Waals surface area contributed by atoms with Crippen molar-refractivity contribution in [1.82, 2.24) is 15.1 Å². The fourth-order valence-electron chi connectivity index (χ4n) is 2.37. The maximum absolute atomic E-state index is 9.19. The van der Waals surface area contributed by atoms with Crippen molar-refractivity contribution in [3.8, 4) is 0 Å². The Kier molecular flexibility index (Phi) is 3.97. The van der Waals surface area contributed by atoms with Crippen LogP contribution < -0.4 is 5.32 Å². The molecule has 0 amide bonds. The van der Waals surface area contributed by atoms with Crippen LogP contribution >= 0.6 is 0 Å². The molecule has 2 aliphatic heterocycles. The van der Waals surface area contributed by atoms with E-state index in [9.17, 15) is 5.11 Å². The number of aliphatic hydroxyl groups is 1. The topological polar surface area (TPSA) is 38.7 Å². The van der Waals surface area contributed by atoms with Gasteiger partial charge in [0.2, 0.25) is 0 Å². The molecule has 2 heterocycles. The van der Waals surface area contributed by atoms with E-state index in [0.29, 0.717) is 0 Å². The van der Waals surface area contributed by atoms with Crippen molar-refractivity contribution >= 4 is 0 Å². The van der Waals surface area contributed by atoms with E-state index in [1.807, 2.05) is 6.92 Å². The van der Waals surface area contributed by atoms with Gasteiger partial charge in [-0.1, -0.05) is 0 Å². The summed E-state index contributed by atoms with van der Waals surface area (Å²) in [4.78, 5) is 5.04. The summed E-state index contributed by atoms with van der Waals surface area (Å²) in [7, 11) is 0. The minimum Gasteiger partial charge on any atom is -0.393 e. The smallest absolute Gasteiger partial charge is 0.0524 e. The highest BCUT2D eigenvalue weighted by molar-refractivity contribution is 4.89. The maximum atomic E-state index is 9.19. The van der Waals surface area contributed by atoms with Crippen molar-refractivity contribution in [2.45, 2.75) is 25.5 Å². The van der Waals surface area contributed by atoms with Crippen LogP contribution in [0, 0.1) is 0 Å². The normalized spacial score (nSPS) is 27.6. The second-order valence-electron chi connectivity index (χ2n) is 4.84. The molecule has 1 unspecified atom stereocenters. The predicted octanol–water partition coefficient (Wildman–Crippen LogP) is -0.653. The minimum absolute atomic E-state index is 0.150. The second kappa shape index (κ2) is 5.25. The lowest BCUT2D eigenvalue weighted by Gasteiger charge is -2.47. The molecule has 2 N–H and O–H groups in total. The fraction of sp³-hybridized carbons (Fsp3) is 1.00. The fourth-order valence-corrected chi connectivity index (χ4v) is 2.37. The second-order valence-corrected chi connectivity index (χ2v) is 4.84. The van der Waals surface area contributed by atoms with Gasteiger partial charge in [0.1, 0.15) is 0 Å². The lowest BCUT2D eigenvalue weighted by atomic mass is 10.1. The van der Waals surface area contributed by atoms with Crippen LogP contribution in [0.1, 0.15) is 13.3 Å². The van der Waals surface area contributed by atoms with E-state index in [0.717, 1.165) is 32.1 Å². The summed E-state index contributed by atoms with van der Waals surface area (Å²) in [5.74, 6) is 0. The molecule has 0 aliphatic carbocycles. The molecule has 0 saturated carbocycles. The minimum atomic E-state index is -0.150. The van der Waals surface area contributed by atoms with Gasteiger partial charge in [-0.05, 0) is 13.3 Å². The van der Waals surface area contributed by atoms with Crippen LogP contribution in [-0.4, -0.2) is 72.9 Å². The molecule has 0 aromatic carbocycles. The number of hydrogen-bond acceptors (Lipinski definition) is 4. The highest BCUT2D eigenvalue weighted by atomic mass is 16.3. The highest BCUT2D eigenvalue weighted by Gasteiger charge is 2.31. The van der Waals surface area contributed by atoms with E-state index in [-0.39, 0.29) is 6.10 Å². The number of nitrogens with one attached hydrogen (secondary N) is 1. The largest absolute Gasteiger partial charge is 0.393 e. The summed E-state index contributed by atoms with van der Waals surface area (Å²) in [6.45, 7) is 10.0. The van der Waals surface area contributed by atoms with Gasteiger partial charge in [-0.2, -0.15) is 0 Å². The van der Waals surface area contributed by atoms with Gasteiger partial charge in [0.25, 0.3) is 0 Å². The Balaban J connectivity index is 1.60. The van der Waals surface area contributed by atoms with Crippen LogP contribution in [0.2, 0.25) is 0 Å². The van der Waals surface area contributed by atoms with Crippen molar-refractivity contribution < 1.29 is 5.11 Å². The first kappa shape index (κ1) is 11.3. The monoisotopic (exact) mass is 213 g/mol. The van der Waals surface area contributed by atoms with Gasteiger partial charge in [-0.15, -0.1) is 0 Å². The molecule has 4 heteroatoms. The maximum Gasteiger partial charge on any atom is 0.0524 e. The molecular weight excluding hydrogens is 190 g/mol. The average molecular weight is 213 g/mol. The number of likely N-dealkylation sites (tertiary alicyclic amines) is 1. The molecule has 0 spiro atoms. The standard InChI is InChI=1S/C11H23N3O/c1-10(15)2-5-13-8-11(9-13)14-6-3-12-4-7-14/h10-12,15H,2-9H2,1H3. The van der Waals surface area contributed by atoms with Crippen LogP contribution in [0.25, 0.3) is 0 Å². The highest BCUT2D eigenvalue weighted by Crippen LogP contribution is 2.15. The molecule has 4 nitrogen and oxygen atoms in total. The summed E-state index contributed by atoms with van der Waals surface area (Å²) in [5, 5.41) is 12.6. The van der Waals surface area contributed by atoms with Gasteiger partial charge in [0.05, 0.1) is 6.10 Å². The van der Waals surface area contributed by atoms with E-state index in [1.54, 1.807) is 0 Å². The first-order valence-electron chi connectivity index (χ1n) is 6.11. The number of aliphatic hydroxyl groups excluding tert-OH is 1. The molecule has 0 aromatic heterocycles. The van der Waals surface area contributed by atoms with Crippen molar-refractivity contribution in [3.05, 3.63) is 0 Å². The van der Waals surface area contributed by atoms with Crippen LogP contribution in [0.3, 0.4) is 0 Å². The Hall–Kier alpha value is -0.160. The van der Waals surface area contributed by atoms with Crippen LogP contribution in [0.15, 0.2) is 0 Å². The zero-order chi connectivity index (χ0) is 10.7. The van der Waals surface area contributed by atoms with Gasteiger partial charge < -0.3 is 15.3 Å². The van der Waals surface area contributed by atoms with Crippen LogP contribution in [0.5, 0.6) is 0 Å². The third kappa shape index (κ3) is 3.14. The van der Waals surface area contributed by atoms with Gasteiger partial charge >= 0.3 is 0 Å². The Morgan fingerprint density at radius 2 is 2.00 bits per heavy atom. The molecule has 2 aliphatic rings. The van der Waals surface area contributed by atoms with Crippen molar-refractivity contribution in [2.24, 2.45) is 0 Å². The summed E-state index contributed by atoms with van der Waals surface area (Å²) in [6, 6.07) is 0.779. The van der Waals surface area contributed by atoms with Crippen molar-refractivity contribution in [2.75, 3.05) is 45.8 Å². The first-order valence-corrected chi connectivity index (χ1v) is 6.11. The van der Waals surface area contributed by atoms with Gasteiger partial charge in [-0.3, -0.25) is 4.90 Å². The van der Waals surface area contributed by atoms with E-state index in [1.165, 1.54) is 26.2 Å². The number of piperazine rings is 1. The quantitative estimate of drug-likeness (QED) is 0.651. The predicted molar refractivity (Wildman–Crippen MR) is 61.0 cm³/mol. The molecule has 0 bridgehead atoms. The number of hydrogen-bond donors (Lipinski definition) is 2. The molecule has 0 aromatic rings. The molecule has 88 valence electrons. The average Bonchev–Trinajstić information content (AvgIpc) is 2.16. The Morgan fingerprint density at radius 1 is 1.33 bits per heavy atom. The Labute approximate surface area is 92.2 Å². The van der Waals surface area contributed by atoms with Gasteiger partial charge in [0.15, 0.2) is 0 Å². The SMILES string of the molecule is CC(O)CCN1CC(N2CCNCC2)C1. The van der Waals surface area contributed by atoms with Crippen molar-refractivity contribution in [3.63, 3.8) is 0 Å². The molecule has 2 rings (SSSR count). The molecule has 2 saturated heterocycles. The molecule has 15 heavy (non-hydrogen) atoms. The van der Waals surface area contributed by atoms with Crippen molar-refractivity contribution in [1.29, 1.82) is 0 Å². The zero-order valence-corrected chi connectivity index (χ0v) is 9.65. The summed E-state index contributed by atoms with van der Waals surface area (Å²) >= 11 is 0. The van der Waals surface area contributed by atoms with E-state index in [2.05, 4.69) is 15.1 Å². The van der Waals surface area contributed by atoms with E-state index >= 15 is 0 Å².